The largest absolute Gasteiger partial charge is 0.467 e. The number of hydrogen-bond donors (Lipinski definition) is 1. The Labute approximate surface area is 130 Å². The minimum atomic E-state index is -0.350. The lowest BCUT2D eigenvalue weighted by atomic mass is 10.2. The summed E-state index contributed by atoms with van der Waals surface area (Å²) < 4.78 is 14.3. The average molecular weight is 309 g/mol. The standard InChI is InChI=1S/C16H23NO5/c1-20-15(18)12-22-11-5-3-4-10-17-14-8-6-13(7-9-14)16(19)21-2/h6-9,17H,3-5,10-12H2,1-2H3. The van der Waals surface area contributed by atoms with Gasteiger partial charge in [0.15, 0.2) is 0 Å². The van der Waals surface area contributed by atoms with E-state index in [-0.39, 0.29) is 18.5 Å². The molecule has 0 spiro atoms. The lowest BCUT2D eigenvalue weighted by molar-refractivity contribution is -0.145. The number of carbonyl (C=O) groups excluding carboxylic acids is 2. The summed E-state index contributed by atoms with van der Waals surface area (Å²) in [6.45, 7) is 1.42. The molecule has 0 fully saturated rings. The average Bonchev–Trinajstić information content (AvgIpc) is 2.56. The Hall–Kier alpha value is -2.08. The van der Waals surface area contributed by atoms with Crippen LogP contribution in [0.3, 0.4) is 0 Å². The van der Waals surface area contributed by atoms with E-state index in [1.54, 1.807) is 12.1 Å². The van der Waals surface area contributed by atoms with Crippen molar-refractivity contribution in [3.05, 3.63) is 29.8 Å². The summed E-state index contributed by atoms with van der Waals surface area (Å²) in [6, 6.07) is 7.17. The second-order valence-electron chi connectivity index (χ2n) is 4.69. The van der Waals surface area contributed by atoms with Crippen LogP contribution in [0.5, 0.6) is 0 Å². The summed E-state index contributed by atoms with van der Waals surface area (Å²) in [5.41, 5.74) is 1.50. The molecule has 6 heteroatoms. The Kier molecular flexibility index (Phi) is 8.67. The van der Waals surface area contributed by atoms with Gasteiger partial charge in [-0.2, -0.15) is 0 Å². The van der Waals surface area contributed by atoms with Gasteiger partial charge >= 0.3 is 11.9 Å². The molecule has 0 saturated heterocycles. The Bertz CT molecular complexity index is 458. The topological polar surface area (TPSA) is 73.9 Å². The van der Waals surface area contributed by atoms with Crippen molar-refractivity contribution >= 4 is 17.6 Å². The molecular weight excluding hydrogens is 286 g/mol. The number of carbonyl (C=O) groups is 2. The molecule has 0 atom stereocenters. The van der Waals surface area contributed by atoms with Crippen LogP contribution in [0.25, 0.3) is 0 Å². The first kappa shape index (κ1) is 18.0. The van der Waals surface area contributed by atoms with Crippen LogP contribution in [-0.2, 0) is 19.0 Å². The fourth-order valence-corrected chi connectivity index (χ4v) is 1.80. The second-order valence-corrected chi connectivity index (χ2v) is 4.69. The molecule has 0 aliphatic rings. The Balaban J connectivity index is 2.07. The van der Waals surface area contributed by atoms with E-state index < -0.39 is 0 Å². The summed E-state index contributed by atoms with van der Waals surface area (Å²) >= 11 is 0. The first-order valence-corrected chi connectivity index (χ1v) is 7.24. The van der Waals surface area contributed by atoms with Crippen LogP contribution in [0, 0.1) is 0 Å². The Morgan fingerprint density at radius 1 is 1.00 bits per heavy atom. The van der Waals surface area contributed by atoms with E-state index >= 15 is 0 Å². The molecule has 0 aromatic heterocycles. The van der Waals surface area contributed by atoms with Crippen molar-refractivity contribution < 1.29 is 23.8 Å². The molecule has 122 valence electrons. The fourth-order valence-electron chi connectivity index (χ4n) is 1.80. The monoisotopic (exact) mass is 309 g/mol. The van der Waals surface area contributed by atoms with E-state index in [1.807, 2.05) is 12.1 Å². The predicted molar refractivity (Wildman–Crippen MR) is 83.0 cm³/mol. The molecule has 1 aromatic carbocycles. The van der Waals surface area contributed by atoms with Gasteiger partial charge in [-0.3, -0.25) is 0 Å². The van der Waals surface area contributed by atoms with Gasteiger partial charge in [-0.15, -0.1) is 0 Å². The highest BCUT2D eigenvalue weighted by atomic mass is 16.6. The van der Waals surface area contributed by atoms with Crippen LogP contribution >= 0.6 is 0 Å². The van der Waals surface area contributed by atoms with Crippen molar-refractivity contribution in [2.45, 2.75) is 19.3 Å². The minimum absolute atomic E-state index is 0.0152. The normalized spacial score (nSPS) is 10.1. The van der Waals surface area contributed by atoms with Crippen molar-refractivity contribution in [2.75, 3.05) is 39.3 Å². The Morgan fingerprint density at radius 3 is 2.36 bits per heavy atom. The van der Waals surface area contributed by atoms with Gasteiger partial charge in [0, 0.05) is 18.8 Å². The van der Waals surface area contributed by atoms with E-state index in [0.717, 1.165) is 31.5 Å². The lowest BCUT2D eigenvalue weighted by Gasteiger charge is -2.07. The van der Waals surface area contributed by atoms with Crippen molar-refractivity contribution in [3.63, 3.8) is 0 Å². The van der Waals surface area contributed by atoms with Gasteiger partial charge < -0.3 is 19.5 Å². The third-order valence-corrected chi connectivity index (χ3v) is 3.05. The number of nitrogens with one attached hydrogen (secondary N) is 1. The summed E-state index contributed by atoms with van der Waals surface area (Å²) in [7, 11) is 2.71. The number of hydrogen-bond acceptors (Lipinski definition) is 6. The van der Waals surface area contributed by atoms with Crippen molar-refractivity contribution in [1.82, 2.24) is 0 Å². The number of benzene rings is 1. The smallest absolute Gasteiger partial charge is 0.337 e. The van der Waals surface area contributed by atoms with Crippen LogP contribution in [0.4, 0.5) is 5.69 Å². The molecule has 0 amide bonds. The maximum absolute atomic E-state index is 11.3. The molecule has 1 rings (SSSR count). The highest BCUT2D eigenvalue weighted by molar-refractivity contribution is 5.89. The van der Waals surface area contributed by atoms with Gasteiger partial charge in [-0.25, -0.2) is 9.59 Å². The van der Waals surface area contributed by atoms with Crippen LogP contribution in [0.1, 0.15) is 29.6 Å². The van der Waals surface area contributed by atoms with Gasteiger partial charge in [0.1, 0.15) is 6.61 Å². The number of esters is 2. The van der Waals surface area contributed by atoms with Gasteiger partial charge in [0.2, 0.25) is 0 Å². The molecule has 0 unspecified atom stereocenters. The van der Waals surface area contributed by atoms with Crippen LogP contribution in [-0.4, -0.2) is 45.9 Å². The lowest BCUT2D eigenvalue weighted by Crippen LogP contribution is -2.11. The van der Waals surface area contributed by atoms with Gasteiger partial charge in [0.25, 0.3) is 0 Å². The van der Waals surface area contributed by atoms with E-state index in [0.29, 0.717) is 12.2 Å². The molecule has 0 aliphatic heterocycles. The van der Waals surface area contributed by atoms with Gasteiger partial charge in [0.05, 0.1) is 19.8 Å². The first-order chi connectivity index (χ1) is 10.7. The molecule has 22 heavy (non-hydrogen) atoms. The minimum Gasteiger partial charge on any atom is -0.467 e. The Morgan fingerprint density at radius 2 is 1.73 bits per heavy atom. The second kappa shape index (κ2) is 10.6. The summed E-state index contributed by atoms with van der Waals surface area (Å²) in [5.74, 6) is -0.685. The quantitative estimate of drug-likeness (QED) is 0.528. The highest BCUT2D eigenvalue weighted by Crippen LogP contribution is 2.10. The molecule has 6 nitrogen and oxygen atoms in total. The van der Waals surface area contributed by atoms with Crippen LogP contribution in [0.15, 0.2) is 24.3 Å². The molecule has 0 heterocycles. The number of unbranched alkanes of at least 4 members (excludes halogenated alkanes) is 2. The molecule has 0 radical (unpaired) electrons. The van der Waals surface area contributed by atoms with Gasteiger partial charge in [-0.05, 0) is 43.5 Å². The van der Waals surface area contributed by atoms with Crippen LogP contribution < -0.4 is 5.32 Å². The SMILES string of the molecule is COC(=O)COCCCCCNc1ccc(C(=O)OC)cc1. The highest BCUT2D eigenvalue weighted by Gasteiger charge is 2.03. The number of anilines is 1. The fraction of sp³-hybridized carbons (Fsp3) is 0.500. The molecule has 0 aliphatic carbocycles. The maximum atomic E-state index is 11.3. The van der Waals surface area contributed by atoms with Crippen molar-refractivity contribution in [1.29, 1.82) is 0 Å². The summed E-state index contributed by atoms with van der Waals surface area (Å²) in [4.78, 5) is 22.1. The third kappa shape index (κ3) is 7.08. The first-order valence-electron chi connectivity index (χ1n) is 7.24. The molecule has 0 saturated carbocycles. The van der Waals surface area contributed by atoms with Crippen LogP contribution in [0.2, 0.25) is 0 Å². The zero-order valence-corrected chi connectivity index (χ0v) is 13.1. The van der Waals surface area contributed by atoms with E-state index in [1.165, 1.54) is 14.2 Å². The molecular formula is C16H23NO5. The molecule has 1 N–H and O–H groups in total. The van der Waals surface area contributed by atoms with E-state index in [2.05, 4.69) is 14.8 Å². The third-order valence-electron chi connectivity index (χ3n) is 3.05. The molecule has 0 bridgehead atoms. The zero-order chi connectivity index (χ0) is 16.2. The van der Waals surface area contributed by atoms with E-state index in [9.17, 15) is 9.59 Å². The number of methoxy groups -OCH3 is 2. The predicted octanol–water partition coefficient (Wildman–Crippen LogP) is 2.25. The molecule has 1 aromatic rings. The zero-order valence-electron chi connectivity index (χ0n) is 13.1. The maximum Gasteiger partial charge on any atom is 0.337 e. The number of rotatable bonds is 10. The summed E-state index contributed by atoms with van der Waals surface area (Å²) in [6.07, 6.45) is 2.91. The summed E-state index contributed by atoms with van der Waals surface area (Å²) in [5, 5.41) is 3.28. The van der Waals surface area contributed by atoms with E-state index in [4.69, 9.17) is 4.74 Å². The van der Waals surface area contributed by atoms with Crippen molar-refractivity contribution in [3.8, 4) is 0 Å². The number of ether oxygens (including phenoxy) is 3. The van der Waals surface area contributed by atoms with Crippen molar-refractivity contribution in [2.24, 2.45) is 0 Å². The van der Waals surface area contributed by atoms with Gasteiger partial charge in [-0.1, -0.05) is 0 Å².